The molecule has 17 heavy (non-hydrogen) atoms. The Morgan fingerprint density at radius 1 is 1.41 bits per heavy atom. The van der Waals surface area contributed by atoms with E-state index in [-0.39, 0.29) is 16.8 Å². The number of carbonyl (C=O) groups excluding carboxylic acids is 1. The number of benzene rings is 1. The van der Waals surface area contributed by atoms with E-state index < -0.39 is 0 Å². The molecule has 0 bridgehead atoms. The first-order valence-electron chi connectivity index (χ1n) is 5.29. The number of halogens is 1. The summed E-state index contributed by atoms with van der Waals surface area (Å²) in [6.45, 7) is 2.28. The number of hydrogen-bond donors (Lipinski definition) is 2. The van der Waals surface area contributed by atoms with Gasteiger partial charge in [0, 0.05) is 18.8 Å². The maximum absolute atomic E-state index is 11.8. The highest BCUT2D eigenvalue weighted by molar-refractivity contribution is 6.32. The molecular weight excluding hydrogens is 244 g/mol. The molecule has 0 unspecified atom stereocenters. The molecule has 0 radical (unpaired) electrons. The van der Waals surface area contributed by atoms with Gasteiger partial charge in [0.15, 0.2) is 0 Å². The number of phenolic OH excluding ortho intramolecular Hbond substituents is 1. The van der Waals surface area contributed by atoms with Gasteiger partial charge in [-0.2, -0.15) is 0 Å². The van der Waals surface area contributed by atoms with Crippen LogP contribution in [0.3, 0.4) is 0 Å². The van der Waals surface area contributed by atoms with Gasteiger partial charge in [-0.15, -0.1) is 0 Å². The molecule has 1 aliphatic heterocycles. The van der Waals surface area contributed by atoms with E-state index in [0.717, 1.165) is 0 Å². The van der Waals surface area contributed by atoms with Crippen LogP contribution in [0.4, 0.5) is 10.5 Å². The van der Waals surface area contributed by atoms with Crippen LogP contribution in [-0.2, 0) is 4.74 Å². The van der Waals surface area contributed by atoms with Crippen molar-refractivity contribution < 1.29 is 14.6 Å². The topological polar surface area (TPSA) is 61.8 Å². The minimum Gasteiger partial charge on any atom is -0.506 e. The fourth-order valence-electron chi connectivity index (χ4n) is 1.55. The van der Waals surface area contributed by atoms with Crippen molar-refractivity contribution in [3.05, 3.63) is 23.2 Å². The van der Waals surface area contributed by atoms with Crippen LogP contribution in [0.15, 0.2) is 18.2 Å². The lowest BCUT2D eigenvalue weighted by atomic mass is 10.3. The van der Waals surface area contributed by atoms with Gasteiger partial charge in [-0.3, -0.25) is 0 Å². The second kappa shape index (κ2) is 5.25. The maximum atomic E-state index is 11.8. The molecule has 6 heteroatoms. The van der Waals surface area contributed by atoms with Crippen LogP contribution in [0.2, 0.25) is 5.02 Å². The normalized spacial score (nSPS) is 15.7. The zero-order valence-electron chi connectivity index (χ0n) is 9.15. The number of rotatable bonds is 1. The van der Waals surface area contributed by atoms with Gasteiger partial charge in [0.05, 0.1) is 18.2 Å². The van der Waals surface area contributed by atoms with Crippen LogP contribution in [0, 0.1) is 0 Å². The molecule has 1 aromatic carbocycles. The zero-order chi connectivity index (χ0) is 12.3. The van der Waals surface area contributed by atoms with Crippen LogP contribution in [-0.4, -0.2) is 42.3 Å². The van der Waals surface area contributed by atoms with Crippen molar-refractivity contribution in [3.8, 4) is 5.75 Å². The molecule has 1 heterocycles. The summed E-state index contributed by atoms with van der Waals surface area (Å²) in [4.78, 5) is 13.5. The molecule has 2 N–H and O–H groups in total. The molecule has 2 rings (SSSR count). The zero-order valence-corrected chi connectivity index (χ0v) is 9.91. The molecule has 1 aromatic rings. The monoisotopic (exact) mass is 256 g/mol. The van der Waals surface area contributed by atoms with Gasteiger partial charge in [-0.05, 0) is 18.2 Å². The molecule has 1 fully saturated rings. The second-order valence-electron chi connectivity index (χ2n) is 3.70. The summed E-state index contributed by atoms with van der Waals surface area (Å²) in [7, 11) is 0. The maximum Gasteiger partial charge on any atom is 0.322 e. The first kappa shape index (κ1) is 12.0. The third-order valence-electron chi connectivity index (χ3n) is 2.50. The van der Waals surface area contributed by atoms with Crippen molar-refractivity contribution in [1.82, 2.24) is 4.90 Å². The van der Waals surface area contributed by atoms with Crippen molar-refractivity contribution >= 4 is 23.3 Å². The van der Waals surface area contributed by atoms with E-state index in [1.807, 2.05) is 0 Å². The number of carbonyl (C=O) groups is 1. The molecule has 1 aliphatic rings. The summed E-state index contributed by atoms with van der Waals surface area (Å²) >= 11 is 5.75. The van der Waals surface area contributed by atoms with Crippen molar-refractivity contribution in [2.75, 3.05) is 31.6 Å². The number of urea groups is 1. The molecule has 0 aliphatic carbocycles. The van der Waals surface area contributed by atoms with Gasteiger partial charge in [0.2, 0.25) is 0 Å². The summed E-state index contributed by atoms with van der Waals surface area (Å²) in [6, 6.07) is 4.36. The predicted octanol–water partition coefficient (Wildman–Crippen LogP) is 1.91. The molecule has 2 amide bonds. The molecule has 5 nitrogen and oxygen atoms in total. The summed E-state index contributed by atoms with van der Waals surface area (Å²) in [5.74, 6) is -0.00367. The summed E-state index contributed by atoms with van der Waals surface area (Å²) in [5.41, 5.74) is 0.560. The largest absolute Gasteiger partial charge is 0.506 e. The average molecular weight is 257 g/mol. The van der Waals surface area contributed by atoms with Crippen molar-refractivity contribution in [3.63, 3.8) is 0 Å². The smallest absolute Gasteiger partial charge is 0.322 e. The fraction of sp³-hybridized carbons (Fsp3) is 0.364. The highest BCUT2D eigenvalue weighted by Gasteiger charge is 2.16. The summed E-state index contributed by atoms with van der Waals surface area (Å²) in [6.07, 6.45) is 0. The molecule has 92 valence electrons. The van der Waals surface area contributed by atoms with Crippen LogP contribution >= 0.6 is 11.6 Å². The number of phenols is 1. The van der Waals surface area contributed by atoms with Gasteiger partial charge in [0.25, 0.3) is 0 Å². The number of aromatic hydroxyl groups is 1. The number of hydrogen-bond acceptors (Lipinski definition) is 3. The Morgan fingerprint density at radius 3 is 2.76 bits per heavy atom. The van der Waals surface area contributed by atoms with Crippen molar-refractivity contribution in [2.24, 2.45) is 0 Å². The van der Waals surface area contributed by atoms with Gasteiger partial charge in [-0.1, -0.05) is 11.6 Å². The van der Waals surface area contributed by atoms with Crippen LogP contribution in [0.25, 0.3) is 0 Å². The highest BCUT2D eigenvalue weighted by Crippen LogP contribution is 2.26. The Balaban J connectivity index is 1.99. The Hall–Kier alpha value is -1.46. The molecule has 0 saturated carbocycles. The number of morpholine rings is 1. The van der Waals surface area contributed by atoms with E-state index in [1.165, 1.54) is 12.1 Å². The minimum absolute atomic E-state index is 0.00367. The lowest BCUT2D eigenvalue weighted by molar-refractivity contribution is 0.0564. The SMILES string of the molecule is O=C(Nc1ccc(O)c(Cl)c1)N1CCOCC1. The highest BCUT2D eigenvalue weighted by atomic mass is 35.5. The Kier molecular flexibility index (Phi) is 3.71. The van der Waals surface area contributed by atoms with E-state index in [1.54, 1.807) is 11.0 Å². The molecule has 0 aromatic heterocycles. The Bertz CT molecular complexity index is 419. The molecule has 0 spiro atoms. The van der Waals surface area contributed by atoms with E-state index >= 15 is 0 Å². The number of amides is 2. The van der Waals surface area contributed by atoms with E-state index in [4.69, 9.17) is 16.3 Å². The van der Waals surface area contributed by atoms with Crippen LogP contribution < -0.4 is 5.32 Å². The van der Waals surface area contributed by atoms with Gasteiger partial charge >= 0.3 is 6.03 Å². The van der Waals surface area contributed by atoms with E-state index in [0.29, 0.717) is 32.0 Å². The second-order valence-corrected chi connectivity index (χ2v) is 4.10. The number of ether oxygens (including phenoxy) is 1. The third kappa shape index (κ3) is 3.01. The summed E-state index contributed by atoms with van der Waals surface area (Å²) < 4.78 is 5.16. The van der Waals surface area contributed by atoms with Crippen molar-refractivity contribution in [2.45, 2.75) is 0 Å². The molecular formula is C11H13ClN2O3. The van der Waals surface area contributed by atoms with Crippen molar-refractivity contribution in [1.29, 1.82) is 0 Å². The van der Waals surface area contributed by atoms with Crippen LogP contribution in [0.5, 0.6) is 5.75 Å². The number of nitrogens with one attached hydrogen (secondary N) is 1. The standard InChI is InChI=1S/C11H13ClN2O3/c12-9-7-8(1-2-10(9)15)13-11(16)14-3-5-17-6-4-14/h1-2,7,15H,3-6H2,(H,13,16). The van der Waals surface area contributed by atoms with Gasteiger partial charge in [0.1, 0.15) is 5.75 Å². The quantitative estimate of drug-likeness (QED) is 0.755. The predicted molar refractivity (Wildman–Crippen MR) is 64.5 cm³/mol. The number of nitrogens with zero attached hydrogens (tertiary/aromatic N) is 1. The molecule has 0 atom stereocenters. The first-order valence-corrected chi connectivity index (χ1v) is 5.67. The minimum atomic E-state index is -0.185. The fourth-order valence-corrected chi connectivity index (χ4v) is 1.73. The van der Waals surface area contributed by atoms with E-state index in [9.17, 15) is 9.90 Å². The Labute approximate surface area is 104 Å². The number of anilines is 1. The summed E-state index contributed by atoms with van der Waals surface area (Å²) in [5, 5.41) is 12.2. The Morgan fingerprint density at radius 2 is 2.12 bits per heavy atom. The van der Waals surface area contributed by atoms with Gasteiger partial charge in [-0.25, -0.2) is 4.79 Å². The van der Waals surface area contributed by atoms with Crippen LogP contribution in [0.1, 0.15) is 0 Å². The lowest BCUT2D eigenvalue weighted by Crippen LogP contribution is -2.43. The van der Waals surface area contributed by atoms with E-state index in [2.05, 4.69) is 5.32 Å². The molecule has 1 saturated heterocycles. The third-order valence-corrected chi connectivity index (χ3v) is 2.80. The lowest BCUT2D eigenvalue weighted by Gasteiger charge is -2.26. The average Bonchev–Trinajstić information content (AvgIpc) is 2.35. The first-order chi connectivity index (χ1) is 8.16. The van der Waals surface area contributed by atoms with Gasteiger partial charge < -0.3 is 20.1 Å².